The number of likely N-dealkylation sites (tertiary alicyclic amines) is 1. The molecule has 0 amide bonds. The van der Waals surface area contributed by atoms with Gasteiger partial charge in [-0.15, -0.1) is 24.0 Å². The molecule has 0 bridgehead atoms. The molecule has 1 aromatic carbocycles. The minimum Gasteiger partial charge on any atom is -0.357 e. The molecule has 1 fully saturated rings. The molecule has 0 unspecified atom stereocenters. The third-order valence-corrected chi connectivity index (χ3v) is 4.39. The maximum absolute atomic E-state index is 4.77. The molecule has 1 aliphatic rings. The van der Waals surface area contributed by atoms with Crippen molar-refractivity contribution in [3.8, 4) is 0 Å². The van der Waals surface area contributed by atoms with Crippen LogP contribution in [0.2, 0.25) is 0 Å². The van der Waals surface area contributed by atoms with E-state index in [1.165, 1.54) is 49.9 Å². The molecule has 142 valence electrons. The van der Waals surface area contributed by atoms with Crippen LogP contribution in [0.5, 0.6) is 0 Å². The third-order valence-electron chi connectivity index (χ3n) is 4.39. The zero-order chi connectivity index (χ0) is 17.2. The Labute approximate surface area is 170 Å². The van der Waals surface area contributed by atoms with Crippen LogP contribution in [0.4, 0.5) is 0 Å². The van der Waals surface area contributed by atoms with Crippen LogP contribution >= 0.6 is 24.0 Å². The molecule has 0 aromatic heterocycles. The largest absolute Gasteiger partial charge is 0.357 e. The third kappa shape index (κ3) is 8.40. The van der Waals surface area contributed by atoms with Crippen LogP contribution in [0, 0.1) is 0 Å². The summed E-state index contributed by atoms with van der Waals surface area (Å²) >= 11 is 0. The van der Waals surface area contributed by atoms with Gasteiger partial charge in [-0.3, -0.25) is 4.90 Å². The number of halogens is 1. The molecule has 25 heavy (non-hydrogen) atoms. The highest BCUT2D eigenvalue weighted by Gasteiger charge is 2.11. The molecular weight excluding hydrogens is 423 g/mol. The number of nitrogens with zero attached hydrogens (tertiary/aromatic N) is 2. The number of hydrogen-bond donors (Lipinski definition) is 2. The van der Waals surface area contributed by atoms with Crippen molar-refractivity contribution in [1.29, 1.82) is 0 Å². The first kappa shape index (κ1) is 22.2. The first-order chi connectivity index (χ1) is 11.7. The van der Waals surface area contributed by atoms with Crippen LogP contribution in [-0.4, -0.2) is 36.5 Å². The van der Waals surface area contributed by atoms with Gasteiger partial charge in [-0.2, -0.15) is 0 Å². The summed E-state index contributed by atoms with van der Waals surface area (Å²) in [6.07, 6.45) is 5.44. The summed E-state index contributed by atoms with van der Waals surface area (Å²) in [6, 6.07) is 9.14. The lowest BCUT2D eigenvalue weighted by Gasteiger charge is -2.21. The summed E-state index contributed by atoms with van der Waals surface area (Å²) in [5.74, 6) is 0.900. The maximum atomic E-state index is 4.77. The van der Waals surface area contributed by atoms with Crippen molar-refractivity contribution in [2.75, 3.05) is 19.6 Å². The fourth-order valence-corrected chi connectivity index (χ4v) is 3.16. The first-order valence-corrected chi connectivity index (χ1v) is 9.53. The number of nitrogens with one attached hydrogen (secondary N) is 2. The zero-order valence-electron chi connectivity index (χ0n) is 16.1. The Kier molecular flexibility index (Phi) is 11.1. The Morgan fingerprint density at radius 1 is 1.08 bits per heavy atom. The van der Waals surface area contributed by atoms with E-state index in [1.54, 1.807) is 0 Å². The van der Waals surface area contributed by atoms with E-state index in [0.29, 0.717) is 6.04 Å². The monoisotopic (exact) mass is 458 g/mol. The molecule has 0 saturated carbocycles. The van der Waals surface area contributed by atoms with Crippen LogP contribution in [0.1, 0.15) is 57.6 Å². The summed E-state index contributed by atoms with van der Waals surface area (Å²) in [6.45, 7) is 11.5. The van der Waals surface area contributed by atoms with E-state index < -0.39 is 0 Å². The van der Waals surface area contributed by atoms with Gasteiger partial charge in [0.1, 0.15) is 0 Å². The predicted octanol–water partition coefficient (Wildman–Crippen LogP) is 4.14. The molecular formula is C20H35IN4. The average molecular weight is 458 g/mol. The summed E-state index contributed by atoms with van der Waals surface area (Å²) in [7, 11) is 0. The van der Waals surface area contributed by atoms with Gasteiger partial charge in [-0.25, -0.2) is 4.99 Å². The van der Waals surface area contributed by atoms with Crippen molar-refractivity contribution in [2.45, 2.75) is 65.6 Å². The molecule has 0 atom stereocenters. The SMILES string of the molecule is CCNC(=NCc1ccccc1CN1CCCCCC1)NC(C)C.I. The second kappa shape index (κ2) is 12.5. The number of aliphatic imine (C=N–C) groups is 1. The predicted molar refractivity (Wildman–Crippen MR) is 119 cm³/mol. The number of benzene rings is 1. The molecule has 1 saturated heterocycles. The molecule has 5 heteroatoms. The van der Waals surface area contributed by atoms with Crippen molar-refractivity contribution in [1.82, 2.24) is 15.5 Å². The van der Waals surface area contributed by atoms with E-state index >= 15 is 0 Å². The molecule has 0 spiro atoms. The van der Waals surface area contributed by atoms with Crippen molar-refractivity contribution >= 4 is 29.9 Å². The molecule has 0 aliphatic carbocycles. The fraction of sp³-hybridized carbons (Fsp3) is 0.650. The lowest BCUT2D eigenvalue weighted by atomic mass is 10.1. The quantitative estimate of drug-likeness (QED) is 0.383. The highest BCUT2D eigenvalue weighted by molar-refractivity contribution is 14.0. The van der Waals surface area contributed by atoms with Crippen LogP contribution in [0.15, 0.2) is 29.3 Å². The van der Waals surface area contributed by atoms with Gasteiger partial charge in [0.2, 0.25) is 0 Å². The van der Waals surface area contributed by atoms with Crippen LogP contribution < -0.4 is 10.6 Å². The summed E-state index contributed by atoms with van der Waals surface area (Å²) in [5, 5.41) is 6.71. The average Bonchev–Trinajstić information content (AvgIpc) is 2.82. The molecule has 2 N–H and O–H groups in total. The van der Waals surface area contributed by atoms with Crippen LogP contribution in [-0.2, 0) is 13.1 Å². The van der Waals surface area contributed by atoms with Gasteiger partial charge < -0.3 is 10.6 Å². The Balaban J connectivity index is 0.00000312. The van der Waals surface area contributed by atoms with Crippen LogP contribution in [0.25, 0.3) is 0 Å². The Bertz CT molecular complexity index is 508. The molecule has 1 heterocycles. The Morgan fingerprint density at radius 3 is 2.32 bits per heavy atom. The second-order valence-corrected chi connectivity index (χ2v) is 6.95. The summed E-state index contributed by atoms with van der Waals surface area (Å²) in [5.41, 5.74) is 2.76. The first-order valence-electron chi connectivity index (χ1n) is 9.53. The smallest absolute Gasteiger partial charge is 0.191 e. The van der Waals surface area contributed by atoms with Gasteiger partial charge in [0, 0.05) is 19.1 Å². The molecule has 1 aliphatic heterocycles. The van der Waals surface area contributed by atoms with Gasteiger partial charge in [-0.1, -0.05) is 37.1 Å². The van der Waals surface area contributed by atoms with Crippen molar-refractivity contribution in [3.05, 3.63) is 35.4 Å². The lowest BCUT2D eigenvalue weighted by molar-refractivity contribution is 0.276. The topological polar surface area (TPSA) is 39.7 Å². The standard InChI is InChI=1S/C20H34N4.HI/c1-4-21-20(23-17(2)3)22-15-18-11-7-8-12-19(18)16-24-13-9-5-6-10-14-24;/h7-8,11-12,17H,4-6,9-10,13-16H2,1-3H3,(H2,21,22,23);1H. The minimum atomic E-state index is 0. The lowest BCUT2D eigenvalue weighted by Crippen LogP contribution is -2.41. The van der Waals surface area contributed by atoms with Gasteiger partial charge >= 0.3 is 0 Å². The highest BCUT2D eigenvalue weighted by atomic mass is 127. The summed E-state index contributed by atoms with van der Waals surface area (Å²) in [4.78, 5) is 7.38. The fourth-order valence-electron chi connectivity index (χ4n) is 3.16. The van der Waals surface area contributed by atoms with Gasteiger partial charge in [0.25, 0.3) is 0 Å². The van der Waals surface area contributed by atoms with Crippen molar-refractivity contribution in [2.24, 2.45) is 4.99 Å². The van der Waals surface area contributed by atoms with E-state index in [-0.39, 0.29) is 24.0 Å². The van der Waals surface area contributed by atoms with Gasteiger partial charge in [0.05, 0.1) is 6.54 Å². The normalized spacial score (nSPS) is 16.2. The minimum absolute atomic E-state index is 0. The van der Waals surface area contributed by atoms with E-state index in [0.717, 1.165) is 25.6 Å². The number of rotatable bonds is 6. The summed E-state index contributed by atoms with van der Waals surface area (Å²) < 4.78 is 0. The molecule has 1 aromatic rings. The zero-order valence-corrected chi connectivity index (χ0v) is 18.4. The molecule has 4 nitrogen and oxygen atoms in total. The Morgan fingerprint density at radius 2 is 1.72 bits per heavy atom. The van der Waals surface area contributed by atoms with E-state index in [4.69, 9.17) is 4.99 Å². The molecule has 0 radical (unpaired) electrons. The highest BCUT2D eigenvalue weighted by Crippen LogP contribution is 2.16. The molecule has 2 rings (SSSR count). The van der Waals surface area contributed by atoms with Crippen molar-refractivity contribution in [3.63, 3.8) is 0 Å². The second-order valence-electron chi connectivity index (χ2n) is 6.95. The van der Waals surface area contributed by atoms with E-state index in [1.807, 2.05) is 0 Å². The van der Waals surface area contributed by atoms with Crippen LogP contribution in [0.3, 0.4) is 0 Å². The van der Waals surface area contributed by atoms with Gasteiger partial charge in [0.15, 0.2) is 5.96 Å². The van der Waals surface area contributed by atoms with Crippen molar-refractivity contribution < 1.29 is 0 Å². The maximum Gasteiger partial charge on any atom is 0.191 e. The van der Waals surface area contributed by atoms with E-state index in [2.05, 4.69) is 60.6 Å². The number of guanidine groups is 1. The van der Waals surface area contributed by atoms with Gasteiger partial charge in [-0.05, 0) is 57.8 Å². The van der Waals surface area contributed by atoms with E-state index in [9.17, 15) is 0 Å². The number of hydrogen-bond acceptors (Lipinski definition) is 2. The Hall–Kier alpha value is -0.820.